The fraction of sp³-hybridized carbons (Fsp3) is 0.387. The Hall–Kier alpha value is -3.71. The Morgan fingerprint density at radius 1 is 0.947 bits per heavy atom. The van der Waals surface area contributed by atoms with Gasteiger partial charge in [-0.3, -0.25) is 14.4 Å². The zero-order valence-electron chi connectivity index (χ0n) is 22.1. The Bertz CT molecular complexity index is 1010. The van der Waals surface area contributed by atoms with Crippen molar-refractivity contribution in [1.29, 1.82) is 0 Å². The number of hydrogen-bond donors (Lipinski definition) is 2. The van der Waals surface area contributed by atoms with Crippen LogP contribution in [0.15, 0.2) is 86.0 Å². The summed E-state index contributed by atoms with van der Waals surface area (Å²) in [6, 6.07) is 19.3. The zero-order valence-corrected chi connectivity index (χ0v) is 22.1. The summed E-state index contributed by atoms with van der Waals surface area (Å²) in [5.41, 5.74) is 2.01. The van der Waals surface area contributed by atoms with E-state index in [1.807, 2.05) is 60.7 Å². The predicted octanol–water partition coefficient (Wildman–Crippen LogP) is 4.07. The van der Waals surface area contributed by atoms with E-state index >= 15 is 0 Å². The van der Waals surface area contributed by atoms with E-state index in [4.69, 9.17) is 4.74 Å². The Morgan fingerprint density at radius 2 is 1.61 bits per heavy atom. The van der Waals surface area contributed by atoms with E-state index in [-0.39, 0.29) is 56.4 Å². The first-order valence-corrected chi connectivity index (χ1v) is 13.1. The van der Waals surface area contributed by atoms with Crippen molar-refractivity contribution < 1.29 is 24.2 Å². The maximum atomic E-state index is 13.0. The van der Waals surface area contributed by atoms with Gasteiger partial charge in [0, 0.05) is 19.5 Å². The van der Waals surface area contributed by atoms with E-state index in [1.165, 1.54) is 0 Å². The van der Waals surface area contributed by atoms with Gasteiger partial charge in [0.1, 0.15) is 6.61 Å². The number of esters is 1. The van der Waals surface area contributed by atoms with E-state index in [1.54, 1.807) is 17.1 Å². The summed E-state index contributed by atoms with van der Waals surface area (Å²) in [7, 11) is 0. The van der Waals surface area contributed by atoms with E-state index in [9.17, 15) is 19.5 Å². The maximum absolute atomic E-state index is 13.0. The number of nitrogens with one attached hydrogen (secondary N) is 1. The lowest BCUT2D eigenvalue weighted by Gasteiger charge is -2.24. The van der Waals surface area contributed by atoms with E-state index < -0.39 is 5.92 Å². The molecular formula is C31H40N2O5. The molecule has 0 heterocycles. The first kappa shape index (κ1) is 30.5. The Kier molecular flexibility index (Phi) is 14.2. The SMILES string of the molecule is C=CCC[C@H](Cc1ccccc1)C(=O)OCCNC(=O)[C@H](CC=C)CC(=O)N(CCO)Cc1ccccc1. The first-order valence-electron chi connectivity index (χ1n) is 13.1. The molecule has 7 nitrogen and oxygen atoms in total. The number of hydrogen-bond acceptors (Lipinski definition) is 5. The molecule has 0 fully saturated rings. The van der Waals surface area contributed by atoms with Crippen molar-refractivity contribution in [3.8, 4) is 0 Å². The van der Waals surface area contributed by atoms with Crippen molar-refractivity contribution in [2.45, 2.75) is 38.6 Å². The number of amides is 2. The van der Waals surface area contributed by atoms with Crippen molar-refractivity contribution in [1.82, 2.24) is 10.2 Å². The molecule has 7 heteroatoms. The molecule has 2 aromatic carbocycles. The van der Waals surface area contributed by atoms with Gasteiger partial charge in [0.05, 0.1) is 25.0 Å². The molecule has 204 valence electrons. The van der Waals surface area contributed by atoms with Crippen molar-refractivity contribution in [2.75, 3.05) is 26.3 Å². The molecule has 2 atom stereocenters. The molecule has 0 aliphatic rings. The Morgan fingerprint density at radius 3 is 2.21 bits per heavy atom. The fourth-order valence-corrected chi connectivity index (χ4v) is 4.15. The highest BCUT2D eigenvalue weighted by Crippen LogP contribution is 2.17. The van der Waals surface area contributed by atoms with Crippen molar-refractivity contribution >= 4 is 17.8 Å². The lowest BCUT2D eigenvalue weighted by molar-refractivity contribution is -0.149. The molecule has 0 saturated heterocycles. The second-order valence-electron chi connectivity index (χ2n) is 9.16. The number of nitrogens with zero attached hydrogens (tertiary/aromatic N) is 1. The number of allylic oxidation sites excluding steroid dienone is 2. The van der Waals surface area contributed by atoms with Crippen molar-refractivity contribution in [3.05, 3.63) is 97.1 Å². The minimum absolute atomic E-state index is 0.00875. The van der Waals surface area contributed by atoms with Crippen LogP contribution < -0.4 is 5.32 Å². The van der Waals surface area contributed by atoms with Crippen LogP contribution in [0.25, 0.3) is 0 Å². The van der Waals surface area contributed by atoms with Gasteiger partial charge in [-0.2, -0.15) is 0 Å². The number of ether oxygens (including phenoxy) is 1. The lowest BCUT2D eigenvalue weighted by atomic mass is 9.95. The van der Waals surface area contributed by atoms with Crippen LogP contribution in [0.2, 0.25) is 0 Å². The largest absolute Gasteiger partial charge is 0.464 e. The number of carbonyl (C=O) groups excluding carboxylic acids is 3. The third-order valence-electron chi connectivity index (χ3n) is 6.21. The maximum Gasteiger partial charge on any atom is 0.309 e. The minimum atomic E-state index is -0.605. The summed E-state index contributed by atoms with van der Waals surface area (Å²) in [5.74, 6) is -1.72. The molecule has 0 unspecified atom stereocenters. The standard InChI is InChI=1S/C31H40N2O5/c1-3-5-17-28(22-25-13-8-6-9-14-25)31(37)38-21-18-32-30(36)27(12-4-2)23-29(35)33(19-20-34)24-26-15-10-7-11-16-26/h3-4,6-11,13-16,27-28,34H,1-2,5,12,17-24H2,(H,32,36)/t27-,28-/m1/s1. The highest BCUT2D eigenvalue weighted by atomic mass is 16.5. The predicted molar refractivity (Wildman–Crippen MR) is 149 cm³/mol. The molecular weight excluding hydrogens is 480 g/mol. The topological polar surface area (TPSA) is 95.9 Å². The third kappa shape index (κ3) is 11.1. The molecule has 2 aromatic rings. The quantitative estimate of drug-likeness (QED) is 0.175. The molecule has 0 radical (unpaired) electrons. The number of rotatable bonds is 18. The summed E-state index contributed by atoms with van der Waals surface area (Å²) in [4.78, 5) is 40.1. The van der Waals surface area contributed by atoms with Gasteiger partial charge in [-0.1, -0.05) is 72.8 Å². The zero-order chi connectivity index (χ0) is 27.6. The highest BCUT2D eigenvalue weighted by Gasteiger charge is 2.24. The molecule has 0 spiro atoms. The fourth-order valence-electron chi connectivity index (χ4n) is 4.15. The van der Waals surface area contributed by atoms with Crippen LogP contribution in [0.3, 0.4) is 0 Å². The second kappa shape index (κ2) is 17.7. The first-order chi connectivity index (χ1) is 18.5. The van der Waals surface area contributed by atoms with Gasteiger partial charge in [-0.25, -0.2) is 0 Å². The lowest BCUT2D eigenvalue weighted by Crippen LogP contribution is -2.39. The van der Waals surface area contributed by atoms with Crippen LogP contribution >= 0.6 is 0 Å². The van der Waals surface area contributed by atoms with Crippen LogP contribution in [0.4, 0.5) is 0 Å². The summed E-state index contributed by atoms with van der Waals surface area (Å²) >= 11 is 0. The molecule has 0 bridgehead atoms. The van der Waals surface area contributed by atoms with Crippen LogP contribution in [0, 0.1) is 11.8 Å². The molecule has 0 aliphatic carbocycles. The number of aliphatic hydroxyl groups is 1. The van der Waals surface area contributed by atoms with Crippen molar-refractivity contribution in [2.24, 2.45) is 11.8 Å². The second-order valence-corrected chi connectivity index (χ2v) is 9.16. The van der Waals surface area contributed by atoms with Crippen LogP contribution in [-0.4, -0.2) is 54.1 Å². The highest BCUT2D eigenvalue weighted by molar-refractivity contribution is 5.86. The average molecular weight is 521 g/mol. The summed E-state index contributed by atoms with van der Waals surface area (Å²) in [5, 5.41) is 12.2. The Balaban J connectivity index is 1.86. The molecule has 38 heavy (non-hydrogen) atoms. The van der Waals surface area contributed by atoms with E-state index in [2.05, 4.69) is 18.5 Å². The van der Waals surface area contributed by atoms with E-state index in [0.29, 0.717) is 32.2 Å². The smallest absolute Gasteiger partial charge is 0.309 e. The molecule has 0 saturated carbocycles. The van der Waals surface area contributed by atoms with Gasteiger partial charge in [-0.05, 0) is 36.8 Å². The Labute approximate surface area is 226 Å². The van der Waals surface area contributed by atoms with E-state index in [0.717, 1.165) is 11.1 Å². The molecule has 2 amide bonds. The van der Waals surface area contributed by atoms with Gasteiger partial charge in [0.25, 0.3) is 0 Å². The third-order valence-corrected chi connectivity index (χ3v) is 6.21. The van der Waals surface area contributed by atoms with Gasteiger partial charge in [-0.15, -0.1) is 13.2 Å². The summed E-state index contributed by atoms with van der Waals surface area (Å²) in [6.45, 7) is 8.02. The monoisotopic (exact) mass is 520 g/mol. The number of aliphatic hydroxyl groups excluding tert-OH is 1. The normalized spacial score (nSPS) is 12.1. The van der Waals surface area contributed by atoms with Crippen LogP contribution in [0.1, 0.15) is 36.8 Å². The molecule has 0 aliphatic heterocycles. The van der Waals surface area contributed by atoms with Gasteiger partial charge < -0.3 is 20.1 Å². The minimum Gasteiger partial charge on any atom is -0.464 e. The van der Waals surface area contributed by atoms with Gasteiger partial charge in [0.2, 0.25) is 11.8 Å². The van der Waals surface area contributed by atoms with Crippen LogP contribution in [-0.2, 0) is 32.1 Å². The summed E-state index contributed by atoms with van der Waals surface area (Å²) in [6.07, 6.45) is 5.64. The van der Waals surface area contributed by atoms with Crippen molar-refractivity contribution in [3.63, 3.8) is 0 Å². The van der Waals surface area contributed by atoms with Gasteiger partial charge >= 0.3 is 5.97 Å². The molecule has 2 N–H and O–H groups in total. The average Bonchev–Trinajstić information content (AvgIpc) is 2.93. The van der Waals surface area contributed by atoms with Crippen LogP contribution in [0.5, 0.6) is 0 Å². The summed E-state index contributed by atoms with van der Waals surface area (Å²) < 4.78 is 5.47. The molecule has 2 rings (SSSR count). The molecule has 0 aromatic heterocycles. The number of benzene rings is 2. The van der Waals surface area contributed by atoms with Gasteiger partial charge in [0.15, 0.2) is 0 Å². The number of carbonyl (C=O) groups is 3.